The standard InChI is InChI=1S/C20H22ClFN2O/c21-18-8-6-16(7-9-18)17-3-1-2-12-24(14-17)20(25)23-13-15-4-10-19(22)11-5-15/h4-11,17H,1-3,12-14H2,(H,23,25). The predicted octanol–water partition coefficient (Wildman–Crippen LogP) is 4.96. The van der Waals surface area contributed by atoms with Gasteiger partial charge in [0.05, 0.1) is 0 Å². The number of hydrogen-bond donors (Lipinski definition) is 1. The highest BCUT2D eigenvalue weighted by Gasteiger charge is 2.23. The van der Waals surface area contributed by atoms with Gasteiger partial charge in [0, 0.05) is 30.6 Å². The zero-order valence-electron chi connectivity index (χ0n) is 14.1. The largest absolute Gasteiger partial charge is 0.334 e. The highest BCUT2D eigenvalue weighted by Crippen LogP contribution is 2.27. The fourth-order valence-electron chi connectivity index (χ4n) is 3.23. The van der Waals surface area contributed by atoms with Gasteiger partial charge in [-0.1, -0.05) is 42.3 Å². The third-order valence-corrected chi connectivity index (χ3v) is 4.91. The van der Waals surface area contributed by atoms with Gasteiger partial charge < -0.3 is 10.2 Å². The number of nitrogens with one attached hydrogen (secondary N) is 1. The molecular weight excluding hydrogens is 339 g/mol. The Balaban J connectivity index is 1.60. The van der Waals surface area contributed by atoms with Crippen LogP contribution >= 0.6 is 11.6 Å². The molecule has 1 atom stereocenters. The van der Waals surface area contributed by atoms with Gasteiger partial charge in [0.2, 0.25) is 0 Å². The zero-order valence-corrected chi connectivity index (χ0v) is 14.8. The first-order valence-electron chi connectivity index (χ1n) is 8.64. The molecule has 2 amide bonds. The van der Waals surface area contributed by atoms with E-state index in [9.17, 15) is 9.18 Å². The molecule has 0 radical (unpaired) electrons. The van der Waals surface area contributed by atoms with Gasteiger partial charge in [-0.25, -0.2) is 9.18 Å². The number of rotatable bonds is 3. The summed E-state index contributed by atoms with van der Waals surface area (Å²) in [6, 6.07) is 14.0. The minimum atomic E-state index is -0.270. The average Bonchev–Trinajstić information content (AvgIpc) is 2.88. The molecule has 1 heterocycles. The van der Waals surface area contributed by atoms with Crippen molar-refractivity contribution in [3.63, 3.8) is 0 Å². The molecule has 2 aromatic carbocycles. The fourth-order valence-corrected chi connectivity index (χ4v) is 3.35. The second-order valence-corrected chi connectivity index (χ2v) is 6.91. The molecule has 3 nitrogen and oxygen atoms in total. The maximum absolute atomic E-state index is 12.9. The quantitative estimate of drug-likeness (QED) is 0.824. The summed E-state index contributed by atoms with van der Waals surface area (Å²) in [5.74, 6) is 0.0599. The van der Waals surface area contributed by atoms with Crippen LogP contribution in [0, 0.1) is 5.82 Å². The molecule has 1 N–H and O–H groups in total. The number of likely N-dealkylation sites (tertiary alicyclic amines) is 1. The van der Waals surface area contributed by atoms with Gasteiger partial charge in [0.25, 0.3) is 0 Å². The maximum Gasteiger partial charge on any atom is 0.317 e. The van der Waals surface area contributed by atoms with E-state index in [1.54, 1.807) is 12.1 Å². The van der Waals surface area contributed by atoms with Crippen LogP contribution < -0.4 is 5.32 Å². The van der Waals surface area contributed by atoms with E-state index in [-0.39, 0.29) is 11.8 Å². The molecular formula is C20H22ClFN2O. The summed E-state index contributed by atoms with van der Waals surface area (Å²) in [5.41, 5.74) is 2.11. The Morgan fingerprint density at radius 1 is 1.12 bits per heavy atom. The Hall–Kier alpha value is -2.07. The Morgan fingerprint density at radius 2 is 1.84 bits per heavy atom. The van der Waals surface area contributed by atoms with E-state index in [2.05, 4.69) is 5.32 Å². The van der Waals surface area contributed by atoms with Gasteiger partial charge in [-0.05, 0) is 48.2 Å². The van der Waals surface area contributed by atoms with Crippen molar-refractivity contribution in [3.05, 3.63) is 70.5 Å². The van der Waals surface area contributed by atoms with Crippen LogP contribution in [0.3, 0.4) is 0 Å². The van der Waals surface area contributed by atoms with Crippen molar-refractivity contribution < 1.29 is 9.18 Å². The van der Waals surface area contributed by atoms with Gasteiger partial charge in [-0.3, -0.25) is 0 Å². The number of amides is 2. The monoisotopic (exact) mass is 360 g/mol. The van der Waals surface area contributed by atoms with Crippen LogP contribution in [0.5, 0.6) is 0 Å². The molecule has 1 saturated heterocycles. The molecule has 1 aliphatic heterocycles. The molecule has 25 heavy (non-hydrogen) atoms. The maximum atomic E-state index is 12.9. The summed E-state index contributed by atoms with van der Waals surface area (Å²) in [4.78, 5) is 14.4. The van der Waals surface area contributed by atoms with E-state index in [0.717, 1.165) is 36.4 Å². The Morgan fingerprint density at radius 3 is 2.56 bits per heavy atom. The van der Waals surface area contributed by atoms with E-state index in [1.807, 2.05) is 29.2 Å². The molecule has 0 spiro atoms. The number of urea groups is 1. The predicted molar refractivity (Wildman–Crippen MR) is 98.3 cm³/mol. The minimum Gasteiger partial charge on any atom is -0.334 e. The third-order valence-electron chi connectivity index (χ3n) is 4.66. The molecule has 5 heteroatoms. The van der Waals surface area contributed by atoms with Crippen LogP contribution in [0.15, 0.2) is 48.5 Å². The van der Waals surface area contributed by atoms with Crippen LogP contribution in [0.25, 0.3) is 0 Å². The van der Waals surface area contributed by atoms with Gasteiger partial charge in [-0.15, -0.1) is 0 Å². The van der Waals surface area contributed by atoms with E-state index in [0.29, 0.717) is 19.0 Å². The number of carbonyl (C=O) groups is 1. The SMILES string of the molecule is O=C(NCc1ccc(F)cc1)N1CCCCC(c2ccc(Cl)cc2)C1. The van der Waals surface area contributed by atoms with Crippen LogP contribution in [-0.2, 0) is 6.54 Å². The molecule has 3 rings (SSSR count). The lowest BCUT2D eigenvalue weighted by Crippen LogP contribution is -2.41. The van der Waals surface area contributed by atoms with E-state index < -0.39 is 0 Å². The van der Waals surface area contributed by atoms with Crippen LogP contribution in [0.2, 0.25) is 5.02 Å². The summed E-state index contributed by atoms with van der Waals surface area (Å²) in [6.07, 6.45) is 3.19. The summed E-state index contributed by atoms with van der Waals surface area (Å²) in [5, 5.41) is 3.67. The lowest BCUT2D eigenvalue weighted by Gasteiger charge is -2.25. The Labute approximate surface area is 152 Å². The lowest BCUT2D eigenvalue weighted by atomic mass is 9.94. The van der Waals surface area contributed by atoms with Crippen molar-refractivity contribution >= 4 is 17.6 Å². The smallest absolute Gasteiger partial charge is 0.317 e. The second kappa shape index (κ2) is 8.34. The number of nitrogens with zero attached hydrogens (tertiary/aromatic N) is 1. The highest BCUT2D eigenvalue weighted by molar-refractivity contribution is 6.30. The topological polar surface area (TPSA) is 32.3 Å². The summed E-state index contributed by atoms with van der Waals surface area (Å²) in [6.45, 7) is 1.87. The molecule has 132 valence electrons. The number of hydrogen-bond acceptors (Lipinski definition) is 1. The average molecular weight is 361 g/mol. The third kappa shape index (κ3) is 4.95. The van der Waals surface area contributed by atoms with E-state index in [4.69, 9.17) is 11.6 Å². The van der Waals surface area contributed by atoms with Crippen molar-refractivity contribution in [2.75, 3.05) is 13.1 Å². The van der Waals surface area contributed by atoms with Crippen molar-refractivity contribution in [1.29, 1.82) is 0 Å². The summed E-state index contributed by atoms with van der Waals surface area (Å²) < 4.78 is 12.9. The first-order valence-corrected chi connectivity index (χ1v) is 9.02. The van der Waals surface area contributed by atoms with Crippen molar-refractivity contribution in [3.8, 4) is 0 Å². The number of carbonyl (C=O) groups excluding carboxylic acids is 1. The van der Waals surface area contributed by atoms with E-state index >= 15 is 0 Å². The van der Waals surface area contributed by atoms with Crippen molar-refractivity contribution in [1.82, 2.24) is 10.2 Å². The normalized spacial score (nSPS) is 17.8. The highest BCUT2D eigenvalue weighted by atomic mass is 35.5. The second-order valence-electron chi connectivity index (χ2n) is 6.48. The summed E-state index contributed by atoms with van der Waals surface area (Å²) in [7, 11) is 0. The minimum absolute atomic E-state index is 0.0646. The first kappa shape index (κ1) is 17.7. The van der Waals surface area contributed by atoms with Gasteiger partial charge in [0.15, 0.2) is 0 Å². The Bertz CT molecular complexity index is 703. The van der Waals surface area contributed by atoms with Crippen molar-refractivity contribution in [2.45, 2.75) is 31.7 Å². The molecule has 0 bridgehead atoms. The van der Waals surface area contributed by atoms with Gasteiger partial charge in [0.1, 0.15) is 5.82 Å². The fraction of sp³-hybridized carbons (Fsp3) is 0.350. The molecule has 1 aliphatic rings. The Kier molecular flexibility index (Phi) is 5.92. The van der Waals surface area contributed by atoms with E-state index in [1.165, 1.54) is 17.7 Å². The molecule has 0 aliphatic carbocycles. The molecule has 0 saturated carbocycles. The van der Waals surface area contributed by atoms with Gasteiger partial charge >= 0.3 is 6.03 Å². The summed E-state index contributed by atoms with van der Waals surface area (Å²) >= 11 is 5.97. The van der Waals surface area contributed by atoms with Crippen molar-refractivity contribution in [2.24, 2.45) is 0 Å². The van der Waals surface area contributed by atoms with Gasteiger partial charge in [-0.2, -0.15) is 0 Å². The number of halogens is 2. The van der Waals surface area contributed by atoms with Crippen LogP contribution in [0.1, 0.15) is 36.3 Å². The first-order chi connectivity index (χ1) is 12.1. The molecule has 1 unspecified atom stereocenters. The lowest BCUT2D eigenvalue weighted by molar-refractivity contribution is 0.197. The number of benzene rings is 2. The zero-order chi connectivity index (χ0) is 17.6. The molecule has 1 fully saturated rings. The molecule has 2 aromatic rings. The molecule has 0 aromatic heterocycles. The van der Waals surface area contributed by atoms with Crippen LogP contribution in [0.4, 0.5) is 9.18 Å². The van der Waals surface area contributed by atoms with Crippen LogP contribution in [-0.4, -0.2) is 24.0 Å².